The largest absolute Gasteiger partial charge is 0.510 e. The molecule has 0 unspecified atom stereocenters. The summed E-state index contributed by atoms with van der Waals surface area (Å²) in [5.74, 6) is -0.548. The van der Waals surface area contributed by atoms with Crippen molar-refractivity contribution in [1.29, 1.82) is 5.26 Å². The molecule has 0 aromatic carbocycles. The number of aliphatic hydroxyl groups is 1. The number of rotatable bonds is 3. The third-order valence-electron chi connectivity index (χ3n) is 2.18. The Morgan fingerprint density at radius 1 is 1.41 bits per heavy atom. The summed E-state index contributed by atoms with van der Waals surface area (Å²) < 4.78 is 0. The summed E-state index contributed by atoms with van der Waals surface area (Å²) in [7, 11) is 0. The summed E-state index contributed by atoms with van der Waals surface area (Å²) in [4.78, 5) is 11.1. The molecule has 5 nitrogen and oxygen atoms in total. The third-order valence-corrected chi connectivity index (χ3v) is 2.18. The van der Waals surface area contributed by atoms with Crippen molar-refractivity contribution < 1.29 is 9.90 Å². The fourth-order valence-electron chi connectivity index (χ4n) is 1.36. The van der Waals surface area contributed by atoms with Crippen LogP contribution >= 0.6 is 0 Å². The Morgan fingerprint density at radius 2 is 2.06 bits per heavy atom. The number of nitriles is 1. The molecular weight excluding hydrogens is 218 g/mol. The standard InChI is InChI=1S/C12H13N3O2/c1-8(16)12(9(2)17)15-14-11-6-4-3-5-10(11)7-13/h5-6,16H,3-4H2,1-2H3. The van der Waals surface area contributed by atoms with Crippen LogP contribution in [0, 0.1) is 11.3 Å². The van der Waals surface area contributed by atoms with Crippen molar-refractivity contribution in [3.05, 3.63) is 34.9 Å². The Hall–Kier alpha value is -2.22. The van der Waals surface area contributed by atoms with Crippen LogP contribution in [0.5, 0.6) is 0 Å². The van der Waals surface area contributed by atoms with E-state index in [1.807, 2.05) is 6.07 Å². The topological polar surface area (TPSA) is 85.8 Å². The van der Waals surface area contributed by atoms with E-state index in [0.717, 1.165) is 12.8 Å². The summed E-state index contributed by atoms with van der Waals surface area (Å²) in [6.07, 6.45) is 5.15. The maximum absolute atomic E-state index is 11.1. The minimum Gasteiger partial charge on any atom is -0.510 e. The quantitative estimate of drug-likeness (QED) is 0.460. The van der Waals surface area contributed by atoms with Gasteiger partial charge >= 0.3 is 0 Å². The first-order valence-corrected chi connectivity index (χ1v) is 5.19. The van der Waals surface area contributed by atoms with Crippen LogP contribution in [0.1, 0.15) is 26.7 Å². The number of ketones is 1. The lowest BCUT2D eigenvalue weighted by Gasteiger charge is -2.04. The Morgan fingerprint density at radius 3 is 2.59 bits per heavy atom. The number of hydrogen-bond donors (Lipinski definition) is 1. The van der Waals surface area contributed by atoms with Gasteiger partial charge in [-0.2, -0.15) is 5.26 Å². The molecule has 0 fully saturated rings. The van der Waals surface area contributed by atoms with Gasteiger partial charge in [0.15, 0.2) is 11.5 Å². The highest BCUT2D eigenvalue weighted by Gasteiger charge is 2.10. The van der Waals surface area contributed by atoms with E-state index in [0.29, 0.717) is 11.3 Å². The van der Waals surface area contributed by atoms with Crippen LogP contribution in [0.4, 0.5) is 0 Å². The fraction of sp³-hybridized carbons (Fsp3) is 0.333. The van der Waals surface area contributed by atoms with Gasteiger partial charge in [0.1, 0.15) is 11.8 Å². The predicted octanol–water partition coefficient (Wildman–Crippen LogP) is 2.94. The van der Waals surface area contributed by atoms with E-state index < -0.39 is 0 Å². The minimum atomic E-state index is -0.368. The van der Waals surface area contributed by atoms with Crippen LogP contribution < -0.4 is 0 Å². The number of hydrogen-bond acceptors (Lipinski definition) is 5. The van der Waals surface area contributed by atoms with E-state index in [1.165, 1.54) is 13.8 Å². The van der Waals surface area contributed by atoms with Crippen molar-refractivity contribution >= 4 is 5.78 Å². The van der Waals surface area contributed by atoms with Crippen molar-refractivity contribution in [2.45, 2.75) is 26.7 Å². The highest BCUT2D eigenvalue weighted by Crippen LogP contribution is 2.20. The first-order valence-electron chi connectivity index (χ1n) is 5.19. The SMILES string of the molecule is CC(=O)C(N=NC1=CCCC=C1C#N)=C(C)O. The van der Waals surface area contributed by atoms with Gasteiger partial charge in [0, 0.05) is 6.92 Å². The Bertz CT molecular complexity index is 486. The van der Waals surface area contributed by atoms with Crippen molar-refractivity contribution in [2.75, 3.05) is 0 Å². The smallest absolute Gasteiger partial charge is 0.183 e. The maximum Gasteiger partial charge on any atom is 0.183 e. The first kappa shape index (κ1) is 12.8. The van der Waals surface area contributed by atoms with Crippen LogP contribution in [0.15, 0.2) is 45.1 Å². The number of allylic oxidation sites excluding steroid dienone is 5. The number of carbonyl (C=O) groups is 1. The molecular formula is C12H13N3O2. The monoisotopic (exact) mass is 231 g/mol. The van der Waals surface area contributed by atoms with E-state index in [-0.39, 0.29) is 17.2 Å². The molecule has 0 spiro atoms. The van der Waals surface area contributed by atoms with Crippen molar-refractivity contribution in [1.82, 2.24) is 0 Å². The average molecular weight is 231 g/mol. The summed E-state index contributed by atoms with van der Waals surface area (Å²) in [5.41, 5.74) is 0.797. The molecule has 1 rings (SSSR count). The molecule has 0 saturated heterocycles. The minimum absolute atomic E-state index is 0.0891. The zero-order chi connectivity index (χ0) is 12.8. The van der Waals surface area contributed by atoms with E-state index >= 15 is 0 Å². The van der Waals surface area contributed by atoms with Gasteiger partial charge in [0.2, 0.25) is 0 Å². The maximum atomic E-state index is 11.1. The van der Waals surface area contributed by atoms with Gasteiger partial charge in [-0.05, 0) is 19.8 Å². The van der Waals surface area contributed by atoms with Crippen LogP contribution in [-0.2, 0) is 4.79 Å². The molecule has 0 bridgehead atoms. The summed E-state index contributed by atoms with van der Waals surface area (Å²) >= 11 is 0. The molecule has 0 heterocycles. The van der Waals surface area contributed by atoms with Gasteiger partial charge < -0.3 is 5.11 Å². The van der Waals surface area contributed by atoms with Crippen LogP contribution in [-0.4, -0.2) is 10.9 Å². The molecule has 0 radical (unpaired) electrons. The zero-order valence-corrected chi connectivity index (χ0v) is 9.77. The average Bonchev–Trinajstić information content (AvgIpc) is 2.29. The molecule has 0 aromatic rings. The molecule has 0 amide bonds. The Labute approximate surface area is 99.5 Å². The van der Waals surface area contributed by atoms with Gasteiger partial charge in [-0.15, -0.1) is 10.2 Å². The van der Waals surface area contributed by atoms with Crippen LogP contribution in [0.3, 0.4) is 0 Å². The molecule has 0 aliphatic heterocycles. The van der Waals surface area contributed by atoms with Crippen molar-refractivity contribution in [2.24, 2.45) is 10.2 Å². The van der Waals surface area contributed by atoms with Crippen LogP contribution in [0.25, 0.3) is 0 Å². The van der Waals surface area contributed by atoms with Gasteiger partial charge in [-0.1, -0.05) is 12.2 Å². The number of azo groups is 1. The molecule has 1 N–H and O–H groups in total. The number of nitrogens with zero attached hydrogens (tertiary/aromatic N) is 3. The molecule has 1 aliphatic carbocycles. The van der Waals surface area contributed by atoms with Gasteiger partial charge in [0.05, 0.1) is 11.3 Å². The molecule has 5 heteroatoms. The highest BCUT2D eigenvalue weighted by atomic mass is 16.3. The fourth-order valence-corrected chi connectivity index (χ4v) is 1.36. The third kappa shape index (κ3) is 3.38. The zero-order valence-electron chi connectivity index (χ0n) is 9.77. The molecule has 0 saturated carbocycles. The Kier molecular flexibility index (Phi) is 4.35. The predicted molar refractivity (Wildman–Crippen MR) is 61.9 cm³/mol. The number of Topliss-reactive ketones (excluding diaryl/α,β-unsaturated/α-hetero) is 1. The summed E-state index contributed by atoms with van der Waals surface area (Å²) in [6, 6.07) is 2.01. The van der Waals surface area contributed by atoms with Gasteiger partial charge in [0.25, 0.3) is 0 Å². The lowest BCUT2D eigenvalue weighted by Crippen LogP contribution is -1.97. The van der Waals surface area contributed by atoms with Gasteiger partial charge in [-0.3, -0.25) is 4.79 Å². The van der Waals surface area contributed by atoms with E-state index in [4.69, 9.17) is 5.26 Å². The highest BCUT2D eigenvalue weighted by molar-refractivity contribution is 5.93. The second-order valence-corrected chi connectivity index (χ2v) is 3.59. The van der Waals surface area contributed by atoms with Gasteiger partial charge in [-0.25, -0.2) is 0 Å². The molecule has 0 aromatic heterocycles. The molecule has 1 aliphatic rings. The molecule has 0 atom stereocenters. The van der Waals surface area contributed by atoms with E-state index in [1.54, 1.807) is 12.2 Å². The number of aliphatic hydroxyl groups excluding tert-OH is 1. The first-order chi connectivity index (χ1) is 8.06. The van der Waals surface area contributed by atoms with E-state index in [9.17, 15) is 9.90 Å². The molecule has 17 heavy (non-hydrogen) atoms. The van der Waals surface area contributed by atoms with Crippen molar-refractivity contribution in [3.63, 3.8) is 0 Å². The summed E-state index contributed by atoms with van der Waals surface area (Å²) in [5, 5.41) is 25.6. The Balaban J connectivity index is 2.96. The van der Waals surface area contributed by atoms with E-state index in [2.05, 4.69) is 10.2 Å². The second kappa shape index (κ2) is 5.75. The normalized spacial score (nSPS) is 17.0. The number of carbonyl (C=O) groups excluding carboxylic acids is 1. The lowest BCUT2D eigenvalue weighted by molar-refractivity contribution is -0.113. The molecule has 88 valence electrons. The lowest BCUT2D eigenvalue weighted by atomic mass is 10.1. The summed E-state index contributed by atoms with van der Waals surface area (Å²) in [6.45, 7) is 2.66. The second-order valence-electron chi connectivity index (χ2n) is 3.59. The van der Waals surface area contributed by atoms with Crippen molar-refractivity contribution in [3.8, 4) is 6.07 Å². The van der Waals surface area contributed by atoms with Crippen LogP contribution in [0.2, 0.25) is 0 Å².